The third-order valence-corrected chi connectivity index (χ3v) is 2.86. The van der Waals surface area contributed by atoms with Crippen molar-refractivity contribution in [2.24, 2.45) is 0 Å². The zero-order valence-electron chi connectivity index (χ0n) is 10.8. The molecule has 0 saturated carbocycles. The molecule has 1 N–H and O–H groups in total. The molecular formula is C13H17N3O2. The Kier molecular flexibility index (Phi) is 3.62. The molecule has 0 bridgehead atoms. The summed E-state index contributed by atoms with van der Waals surface area (Å²) in [6.45, 7) is 2.54. The lowest BCUT2D eigenvalue weighted by atomic mass is 10.2. The van der Waals surface area contributed by atoms with Gasteiger partial charge in [0.15, 0.2) is 0 Å². The lowest BCUT2D eigenvalue weighted by Gasteiger charge is -2.16. The van der Waals surface area contributed by atoms with Crippen LogP contribution in [0, 0.1) is 6.92 Å². The van der Waals surface area contributed by atoms with Gasteiger partial charge >= 0.3 is 0 Å². The van der Waals surface area contributed by atoms with Crippen LogP contribution in [0.15, 0.2) is 18.2 Å². The van der Waals surface area contributed by atoms with Crippen molar-refractivity contribution in [2.75, 3.05) is 32.2 Å². The van der Waals surface area contributed by atoms with Gasteiger partial charge in [-0.3, -0.25) is 0 Å². The van der Waals surface area contributed by atoms with Crippen LogP contribution in [0.1, 0.15) is 5.69 Å². The third-order valence-electron chi connectivity index (χ3n) is 2.86. The summed E-state index contributed by atoms with van der Waals surface area (Å²) in [5, 5.41) is 9.96. The lowest BCUT2D eigenvalue weighted by Crippen LogP contribution is -2.23. The van der Waals surface area contributed by atoms with Crippen LogP contribution in [0.2, 0.25) is 0 Å². The van der Waals surface area contributed by atoms with Crippen molar-refractivity contribution in [3.63, 3.8) is 0 Å². The SMILES string of the molecule is COc1ccc2c(C)nc(N(C)CCO)nc2c1. The van der Waals surface area contributed by atoms with Crippen LogP contribution < -0.4 is 9.64 Å². The number of hydrogen-bond donors (Lipinski definition) is 1. The van der Waals surface area contributed by atoms with E-state index < -0.39 is 0 Å². The molecule has 0 unspecified atom stereocenters. The molecular weight excluding hydrogens is 230 g/mol. The summed E-state index contributed by atoms with van der Waals surface area (Å²) in [6, 6.07) is 5.75. The smallest absolute Gasteiger partial charge is 0.225 e. The van der Waals surface area contributed by atoms with E-state index in [0.717, 1.165) is 22.3 Å². The number of methoxy groups -OCH3 is 1. The van der Waals surface area contributed by atoms with Crippen LogP contribution in [0.25, 0.3) is 10.9 Å². The molecule has 0 atom stereocenters. The molecule has 2 aromatic rings. The first kappa shape index (κ1) is 12.6. The summed E-state index contributed by atoms with van der Waals surface area (Å²) >= 11 is 0. The molecule has 18 heavy (non-hydrogen) atoms. The number of benzene rings is 1. The van der Waals surface area contributed by atoms with E-state index in [1.165, 1.54) is 0 Å². The number of likely N-dealkylation sites (N-methyl/N-ethyl adjacent to an activating group) is 1. The zero-order chi connectivity index (χ0) is 13.1. The normalized spacial score (nSPS) is 10.7. The van der Waals surface area contributed by atoms with Crippen LogP contribution in [0.4, 0.5) is 5.95 Å². The van der Waals surface area contributed by atoms with E-state index in [1.807, 2.05) is 37.1 Å². The van der Waals surface area contributed by atoms with Crippen molar-refractivity contribution in [3.05, 3.63) is 23.9 Å². The fourth-order valence-electron chi connectivity index (χ4n) is 1.80. The number of fused-ring (bicyclic) bond motifs is 1. The molecule has 0 aliphatic carbocycles. The largest absolute Gasteiger partial charge is 0.497 e. The number of aryl methyl sites for hydroxylation is 1. The average molecular weight is 247 g/mol. The lowest BCUT2D eigenvalue weighted by molar-refractivity contribution is 0.303. The molecule has 0 radical (unpaired) electrons. The summed E-state index contributed by atoms with van der Waals surface area (Å²) in [6.07, 6.45) is 0. The topological polar surface area (TPSA) is 58.5 Å². The Morgan fingerprint density at radius 2 is 2.11 bits per heavy atom. The van der Waals surface area contributed by atoms with E-state index in [4.69, 9.17) is 9.84 Å². The second kappa shape index (κ2) is 5.18. The van der Waals surface area contributed by atoms with Gasteiger partial charge in [-0.25, -0.2) is 9.97 Å². The number of hydrogen-bond acceptors (Lipinski definition) is 5. The van der Waals surface area contributed by atoms with E-state index in [-0.39, 0.29) is 6.61 Å². The maximum Gasteiger partial charge on any atom is 0.225 e. The number of anilines is 1. The van der Waals surface area contributed by atoms with Crippen LogP contribution in [-0.2, 0) is 0 Å². The van der Waals surface area contributed by atoms with E-state index in [1.54, 1.807) is 7.11 Å². The molecule has 5 heteroatoms. The highest BCUT2D eigenvalue weighted by molar-refractivity contribution is 5.83. The monoisotopic (exact) mass is 247 g/mol. The average Bonchev–Trinajstić information content (AvgIpc) is 2.38. The summed E-state index contributed by atoms with van der Waals surface area (Å²) in [5.41, 5.74) is 1.77. The van der Waals surface area contributed by atoms with Gasteiger partial charge in [0, 0.05) is 25.0 Å². The highest BCUT2D eigenvalue weighted by atomic mass is 16.5. The Labute approximate surface area is 106 Å². The van der Waals surface area contributed by atoms with Crippen molar-refractivity contribution < 1.29 is 9.84 Å². The van der Waals surface area contributed by atoms with Crippen molar-refractivity contribution >= 4 is 16.9 Å². The zero-order valence-corrected chi connectivity index (χ0v) is 10.8. The van der Waals surface area contributed by atoms with Gasteiger partial charge in [0.25, 0.3) is 0 Å². The van der Waals surface area contributed by atoms with E-state index in [0.29, 0.717) is 12.5 Å². The van der Waals surface area contributed by atoms with Gasteiger partial charge < -0.3 is 14.7 Å². The molecule has 0 aliphatic rings. The minimum atomic E-state index is 0.0784. The minimum Gasteiger partial charge on any atom is -0.497 e. The number of ether oxygens (including phenoxy) is 1. The molecule has 0 amide bonds. The van der Waals surface area contributed by atoms with Crippen molar-refractivity contribution in [3.8, 4) is 5.75 Å². The van der Waals surface area contributed by atoms with Gasteiger partial charge in [0.2, 0.25) is 5.95 Å². The first-order valence-corrected chi connectivity index (χ1v) is 5.80. The summed E-state index contributed by atoms with van der Waals surface area (Å²) in [4.78, 5) is 10.8. The molecule has 0 spiro atoms. The van der Waals surface area contributed by atoms with Crippen molar-refractivity contribution in [1.82, 2.24) is 9.97 Å². The molecule has 5 nitrogen and oxygen atoms in total. The molecule has 0 fully saturated rings. The number of nitrogens with zero attached hydrogens (tertiary/aromatic N) is 3. The predicted octanol–water partition coefficient (Wildman–Crippen LogP) is 1.38. The van der Waals surface area contributed by atoms with Crippen LogP contribution in [0.5, 0.6) is 5.75 Å². The standard InChI is InChI=1S/C13H17N3O2/c1-9-11-5-4-10(18-3)8-12(11)15-13(14-9)16(2)6-7-17/h4-5,8,17H,6-7H2,1-3H3. The molecule has 2 rings (SSSR count). The molecule has 0 aliphatic heterocycles. The van der Waals surface area contributed by atoms with E-state index in [2.05, 4.69) is 9.97 Å². The minimum absolute atomic E-state index is 0.0784. The highest BCUT2D eigenvalue weighted by Gasteiger charge is 2.08. The van der Waals surface area contributed by atoms with Gasteiger partial charge in [0.1, 0.15) is 5.75 Å². The molecule has 1 aromatic carbocycles. The van der Waals surface area contributed by atoms with Crippen LogP contribution in [-0.4, -0.2) is 42.4 Å². The van der Waals surface area contributed by atoms with Gasteiger partial charge in [0.05, 0.1) is 24.9 Å². The Hall–Kier alpha value is -1.88. The maximum atomic E-state index is 8.95. The summed E-state index contributed by atoms with van der Waals surface area (Å²) in [7, 11) is 3.49. The number of aliphatic hydroxyl groups is 1. The summed E-state index contributed by atoms with van der Waals surface area (Å²) in [5.74, 6) is 1.39. The second-order valence-corrected chi connectivity index (χ2v) is 4.14. The third kappa shape index (κ3) is 2.36. The van der Waals surface area contributed by atoms with Gasteiger partial charge in [-0.05, 0) is 19.1 Å². The number of rotatable bonds is 4. The van der Waals surface area contributed by atoms with Gasteiger partial charge in [-0.1, -0.05) is 0 Å². The Morgan fingerprint density at radius 1 is 1.33 bits per heavy atom. The first-order valence-electron chi connectivity index (χ1n) is 5.80. The van der Waals surface area contributed by atoms with Crippen LogP contribution >= 0.6 is 0 Å². The number of aromatic nitrogens is 2. The van der Waals surface area contributed by atoms with E-state index in [9.17, 15) is 0 Å². The fourth-order valence-corrected chi connectivity index (χ4v) is 1.80. The Bertz CT molecular complexity index is 557. The van der Waals surface area contributed by atoms with Crippen molar-refractivity contribution in [2.45, 2.75) is 6.92 Å². The Balaban J connectivity index is 2.51. The second-order valence-electron chi connectivity index (χ2n) is 4.14. The quantitative estimate of drug-likeness (QED) is 0.884. The fraction of sp³-hybridized carbons (Fsp3) is 0.385. The van der Waals surface area contributed by atoms with Gasteiger partial charge in [-0.2, -0.15) is 0 Å². The predicted molar refractivity (Wildman–Crippen MR) is 71.2 cm³/mol. The Morgan fingerprint density at radius 3 is 2.78 bits per heavy atom. The van der Waals surface area contributed by atoms with E-state index >= 15 is 0 Å². The van der Waals surface area contributed by atoms with Crippen LogP contribution in [0.3, 0.4) is 0 Å². The number of aliphatic hydroxyl groups excluding tert-OH is 1. The van der Waals surface area contributed by atoms with Crippen molar-refractivity contribution in [1.29, 1.82) is 0 Å². The highest BCUT2D eigenvalue weighted by Crippen LogP contribution is 2.23. The molecule has 1 aromatic heterocycles. The summed E-state index contributed by atoms with van der Waals surface area (Å²) < 4.78 is 5.20. The molecule has 1 heterocycles. The maximum absolute atomic E-state index is 8.95. The first-order chi connectivity index (χ1) is 8.65. The van der Waals surface area contributed by atoms with Gasteiger partial charge in [-0.15, -0.1) is 0 Å². The molecule has 0 saturated heterocycles. The molecule has 96 valence electrons.